The highest BCUT2D eigenvalue weighted by Gasteiger charge is 2.26. The molecule has 2 heterocycles. The summed E-state index contributed by atoms with van der Waals surface area (Å²) in [5.41, 5.74) is 3.43. The van der Waals surface area contributed by atoms with Gasteiger partial charge in [0.25, 0.3) is 0 Å². The van der Waals surface area contributed by atoms with E-state index in [0.717, 1.165) is 35.4 Å². The summed E-state index contributed by atoms with van der Waals surface area (Å²) < 4.78 is 9.32. The minimum absolute atomic E-state index is 0.167. The minimum atomic E-state index is -0.167. The maximum atomic E-state index is 12.9. The van der Waals surface area contributed by atoms with Crippen molar-refractivity contribution in [3.05, 3.63) is 41.1 Å². The van der Waals surface area contributed by atoms with Gasteiger partial charge in [0.05, 0.1) is 18.4 Å². The van der Waals surface area contributed by atoms with E-state index in [1.807, 2.05) is 49.7 Å². The number of nitriles is 1. The lowest BCUT2D eigenvalue weighted by Crippen LogP contribution is -2.20. The molecule has 1 saturated carbocycles. The van der Waals surface area contributed by atoms with Crippen LogP contribution in [0.5, 0.6) is 5.75 Å². The summed E-state index contributed by atoms with van der Waals surface area (Å²) in [6, 6.07) is 10.2. The second-order valence-electron chi connectivity index (χ2n) is 8.29. The smallest absolute Gasteiger partial charge is 0.235 e. The fraction of sp³-hybridized carbons (Fsp3) is 0.417. The Morgan fingerprint density at radius 1 is 1.30 bits per heavy atom. The molecule has 1 aromatic carbocycles. The third-order valence-electron chi connectivity index (χ3n) is 6.31. The lowest BCUT2D eigenvalue weighted by molar-refractivity contribution is -0.113. The molecular weight excluding hydrogens is 436 g/mol. The van der Waals surface area contributed by atoms with Crippen molar-refractivity contribution >= 4 is 23.5 Å². The van der Waals surface area contributed by atoms with Crippen molar-refractivity contribution in [2.45, 2.75) is 50.7 Å². The lowest BCUT2D eigenvalue weighted by atomic mass is 10.2. The van der Waals surface area contributed by atoms with E-state index in [1.54, 1.807) is 7.11 Å². The minimum Gasteiger partial charge on any atom is -0.497 e. The predicted molar refractivity (Wildman–Crippen MR) is 128 cm³/mol. The summed E-state index contributed by atoms with van der Waals surface area (Å²) in [5, 5.41) is 21.9. The molecule has 1 aliphatic rings. The zero-order chi connectivity index (χ0) is 23.5. The Bertz CT molecular complexity index is 1220. The summed E-state index contributed by atoms with van der Waals surface area (Å²) in [6.45, 7) is 3.97. The van der Waals surface area contributed by atoms with E-state index in [-0.39, 0.29) is 11.7 Å². The quantitative estimate of drug-likeness (QED) is 0.512. The molecule has 0 aliphatic heterocycles. The number of carbonyl (C=O) groups is 1. The number of hydrogen-bond acceptors (Lipinski definition) is 6. The Morgan fingerprint density at radius 3 is 2.76 bits per heavy atom. The number of anilines is 1. The van der Waals surface area contributed by atoms with Gasteiger partial charge in [0.2, 0.25) is 5.91 Å². The number of nitrogens with one attached hydrogen (secondary N) is 1. The molecule has 1 amide bonds. The number of amides is 1. The van der Waals surface area contributed by atoms with E-state index in [2.05, 4.69) is 26.2 Å². The molecule has 0 unspecified atom stereocenters. The number of rotatable bonds is 7. The fourth-order valence-electron chi connectivity index (χ4n) is 4.46. The van der Waals surface area contributed by atoms with Crippen LogP contribution in [0, 0.1) is 25.2 Å². The first-order valence-corrected chi connectivity index (χ1v) is 12.0. The van der Waals surface area contributed by atoms with Crippen LogP contribution in [0.2, 0.25) is 0 Å². The third kappa shape index (κ3) is 4.48. The van der Waals surface area contributed by atoms with Crippen LogP contribution >= 0.6 is 11.8 Å². The van der Waals surface area contributed by atoms with Crippen LogP contribution in [-0.2, 0) is 11.8 Å². The van der Waals surface area contributed by atoms with Crippen LogP contribution in [-0.4, -0.2) is 38.1 Å². The SMILES string of the molecule is COc1cccc(-c2nnc(SCC(=O)Nc3c(C#N)c(C)c(C)n3C3CCCC3)n2C)c1. The molecule has 9 heteroatoms. The van der Waals surface area contributed by atoms with Crippen molar-refractivity contribution in [2.75, 3.05) is 18.2 Å². The topological polar surface area (TPSA) is 97.8 Å². The Hall–Kier alpha value is -3.25. The average molecular weight is 465 g/mol. The maximum Gasteiger partial charge on any atom is 0.235 e. The molecule has 1 fully saturated rings. The van der Waals surface area contributed by atoms with Gasteiger partial charge >= 0.3 is 0 Å². The summed E-state index contributed by atoms with van der Waals surface area (Å²) in [5.74, 6) is 2.07. The zero-order valence-electron chi connectivity index (χ0n) is 19.4. The van der Waals surface area contributed by atoms with Gasteiger partial charge in [0.1, 0.15) is 17.6 Å². The molecule has 4 rings (SSSR count). The van der Waals surface area contributed by atoms with Gasteiger partial charge in [-0.2, -0.15) is 5.26 Å². The first kappa shape index (κ1) is 22.9. The number of benzene rings is 1. The summed E-state index contributed by atoms with van der Waals surface area (Å²) in [7, 11) is 3.50. The highest BCUT2D eigenvalue weighted by Crippen LogP contribution is 2.37. The molecular formula is C24H28N6O2S. The van der Waals surface area contributed by atoms with E-state index in [1.165, 1.54) is 24.6 Å². The Morgan fingerprint density at radius 2 is 2.06 bits per heavy atom. The predicted octanol–water partition coefficient (Wildman–Crippen LogP) is 4.63. The average Bonchev–Trinajstić information content (AvgIpc) is 3.52. The molecule has 1 N–H and O–H groups in total. The zero-order valence-corrected chi connectivity index (χ0v) is 20.2. The number of methoxy groups -OCH3 is 1. The number of ether oxygens (including phenoxy) is 1. The van der Waals surface area contributed by atoms with E-state index in [4.69, 9.17) is 4.74 Å². The van der Waals surface area contributed by atoms with Gasteiger partial charge < -0.3 is 19.2 Å². The normalized spacial score (nSPS) is 13.8. The van der Waals surface area contributed by atoms with Gasteiger partial charge in [-0.05, 0) is 44.4 Å². The molecule has 0 spiro atoms. The third-order valence-corrected chi connectivity index (χ3v) is 7.33. The highest BCUT2D eigenvalue weighted by molar-refractivity contribution is 7.99. The van der Waals surface area contributed by atoms with E-state index < -0.39 is 0 Å². The standard InChI is InChI=1S/C24H28N6O2S/c1-15-16(2)30(18-9-5-6-10-18)23(20(15)13-25)26-21(31)14-33-24-28-27-22(29(24)3)17-8-7-11-19(12-17)32-4/h7-8,11-12,18H,5-6,9-10,14H2,1-4H3,(H,26,31). The number of carbonyl (C=O) groups excluding carboxylic acids is 1. The van der Waals surface area contributed by atoms with Crippen molar-refractivity contribution in [1.29, 1.82) is 5.26 Å². The van der Waals surface area contributed by atoms with Crippen LogP contribution in [0.15, 0.2) is 29.4 Å². The largest absolute Gasteiger partial charge is 0.497 e. The number of aromatic nitrogens is 4. The Labute approximate surface area is 198 Å². The molecule has 1 aliphatic carbocycles. The molecule has 0 bridgehead atoms. The molecule has 3 aromatic rings. The Balaban J connectivity index is 1.49. The second-order valence-corrected chi connectivity index (χ2v) is 9.23. The van der Waals surface area contributed by atoms with Gasteiger partial charge in [-0.25, -0.2) is 0 Å². The van der Waals surface area contributed by atoms with Crippen molar-refractivity contribution in [3.8, 4) is 23.2 Å². The fourth-order valence-corrected chi connectivity index (χ4v) is 5.17. The van der Waals surface area contributed by atoms with Gasteiger partial charge in [-0.15, -0.1) is 10.2 Å². The number of hydrogen-bond donors (Lipinski definition) is 1. The van der Waals surface area contributed by atoms with Crippen molar-refractivity contribution in [1.82, 2.24) is 19.3 Å². The molecule has 8 nitrogen and oxygen atoms in total. The van der Waals surface area contributed by atoms with Crippen molar-refractivity contribution in [2.24, 2.45) is 7.05 Å². The summed E-state index contributed by atoms with van der Waals surface area (Å²) in [6.07, 6.45) is 4.50. The van der Waals surface area contributed by atoms with E-state index in [0.29, 0.717) is 28.4 Å². The van der Waals surface area contributed by atoms with Crippen LogP contribution in [0.4, 0.5) is 5.82 Å². The first-order valence-electron chi connectivity index (χ1n) is 11.0. The van der Waals surface area contributed by atoms with Gasteiger partial charge in [0, 0.05) is 24.3 Å². The van der Waals surface area contributed by atoms with Crippen molar-refractivity contribution in [3.63, 3.8) is 0 Å². The molecule has 0 radical (unpaired) electrons. The number of thioether (sulfide) groups is 1. The van der Waals surface area contributed by atoms with Crippen LogP contribution in [0.3, 0.4) is 0 Å². The maximum absolute atomic E-state index is 12.9. The monoisotopic (exact) mass is 464 g/mol. The molecule has 0 saturated heterocycles. The summed E-state index contributed by atoms with van der Waals surface area (Å²) >= 11 is 1.32. The van der Waals surface area contributed by atoms with Crippen molar-refractivity contribution < 1.29 is 9.53 Å². The van der Waals surface area contributed by atoms with Crippen LogP contribution in [0.1, 0.15) is 48.5 Å². The molecule has 33 heavy (non-hydrogen) atoms. The van der Waals surface area contributed by atoms with Crippen LogP contribution in [0.25, 0.3) is 11.4 Å². The molecule has 0 atom stereocenters. The number of nitrogens with zero attached hydrogens (tertiary/aromatic N) is 5. The van der Waals surface area contributed by atoms with Gasteiger partial charge in [0.15, 0.2) is 11.0 Å². The first-order chi connectivity index (χ1) is 15.9. The van der Waals surface area contributed by atoms with E-state index in [9.17, 15) is 10.1 Å². The van der Waals surface area contributed by atoms with Crippen LogP contribution < -0.4 is 10.1 Å². The molecule has 172 valence electrons. The van der Waals surface area contributed by atoms with Gasteiger partial charge in [-0.3, -0.25) is 4.79 Å². The summed E-state index contributed by atoms with van der Waals surface area (Å²) in [4.78, 5) is 12.9. The highest BCUT2D eigenvalue weighted by atomic mass is 32.2. The lowest BCUT2D eigenvalue weighted by Gasteiger charge is -2.19. The second kappa shape index (κ2) is 9.71. The van der Waals surface area contributed by atoms with Gasteiger partial charge in [-0.1, -0.05) is 36.7 Å². The van der Waals surface area contributed by atoms with E-state index >= 15 is 0 Å². The molecule has 2 aromatic heterocycles. The Kier molecular flexibility index (Phi) is 6.75.